The molecule has 18 heavy (non-hydrogen) atoms. The lowest BCUT2D eigenvalue weighted by Gasteiger charge is -2.51. The predicted octanol–water partition coefficient (Wildman–Crippen LogP) is 2.21. The van der Waals surface area contributed by atoms with Gasteiger partial charge in [-0.2, -0.15) is 0 Å². The summed E-state index contributed by atoms with van der Waals surface area (Å²) in [6.07, 6.45) is 4.38. The lowest BCUT2D eigenvalue weighted by atomic mass is 9.55. The Morgan fingerprint density at radius 2 is 2.28 bits per heavy atom. The van der Waals surface area contributed by atoms with Gasteiger partial charge >= 0.3 is 5.97 Å². The van der Waals surface area contributed by atoms with Crippen LogP contribution in [0.5, 0.6) is 0 Å². The first-order valence-electron chi connectivity index (χ1n) is 6.73. The molecule has 0 aromatic rings. The average Bonchev–Trinajstić information content (AvgIpc) is 2.60. The fourth-order valence-corrected chi connectivity index (χ4v) is 3.93. The molecule has 1 saturated heterocycles. The highest BCUT2D eigenvalue weighted by Gasteiger charge is 2.57. The number of rotatable bonds is 0. The van der Waals surface area contributed by atoms with E-state index in [-0.39, 0.29) is 23.4 Å². The third-order valence-corrected chi connectivity index (χ3v) is 5.41. The van der Waals surface area contributed by atoms with Crippen molar-refractivity contribution >= 4 is 5.97 Å². The van der Waals surface area contributed by atoms with Gasteiger partial charge in [0.25, 0.3) is 0 Å². The van der Waals surface area contributed by atoms with Gasteiger partial charge in [-0.1, -0.05) is 32.1 Å². The standard InChI is InChI=1S/C15H20O3/c1-8-5-4-6-10-7-11-12(9(2)14(17)18-11)13(16)15(8,10)3/h6,8,11-13,16H,2,4-5,7H2,1,3H3/t8-,11+,12+,13+,15-/m1/s1. The topological polar surface area (TPSA) is 46.5 Å². The van der Waals surface area contributed by atoms with Crippen LogP contribution in [-0.4, -0.2) is 23.3 Å². The smallest absolute Gasteiger partial charge is 0.334 e. The van der Waals surface area contributed by atoms with Crippen LogP contribution in [0.1, 0.15) is 33.1 Å². The van der Waals surface area contributed by atoms with Gasteiger partial charge in [0, 0.05) is 17.4 Å². The second-order valence-electron chi connectivity index (χ2n) is 6.13. The van der Waals surface area contributed by atoms with Gasteiger partial charge in [-0.3, -0.25) is 0 Å². The largest absolute Gasteiger partial charge is 0.458 e. The van der Waals surface area contributed by atoms with Crippen molar-refractivity contribution in [3.63, 3.8) is 0 Å². The molecule has 0 amide bonds. The fourth-order valence-electron chi connectivity index (χ4n) is 3.93. The summed E-state index contributed by atoms with van der Waals surface area (Å²) in [6.45, 7) is 8.13. The van der Waals surface area contributed by atoms with Crippen LogP contribution in [0, 0.1) is 17.3 Å². The first kappa shape index (κ1) is 12.0. The van der Waals surface area contributed by atoms with Crippen molar-refractivity contribution in [3.8, 4) is 0 Å². The van der Waals surface area contributed by atoms with Crippen LogP contribution in [0.3, 0.4) is 0 Å². The summed E-state index contributed by atoms with van der Waals surface area (Å²) in [5, 5.41) is 10.8. The molecule has 3 nitrogen and oxygen atoms in total. The quantitative estimate of drug-likeness (QED) is 0.406. The molecular formula is C15H20O3. The molecule has 2 aliphatic carbocycles. The highest BCUT2D eigenvalue weighted by molar-refractivity contribution is 5.91. The summed E-state index contributed by atoms with van der Waals surface area (Å²) in [4.78, 5) is 11.6. The normalized spacial score (nSPS) is 47.2. The molecule has 2 fully saturated rings. The number of fused-ring (bicyclic) bond motifs is 2. The third kappa shape index (κ3) is 1.31. The van der Waals surface area contributed by atoms with Crippen LogP contribution in [0.15, 0.2) is 23.8 Å². The Morgan fingerprint density at radius 3 is 3.00 bits per heavy atom. The Morgan fingerprint density at radius 1 is 1.56 bits per heavy atom. The van der Waals surface area contributed by atoms with Crippen molar-refractivity contribution < 1.29 is 14.6 Å². The number of aliphatic hydroxyl groups excluding tert-OH is 1. The Bertz CT molecular complexity index is 451. The van der Waals surface area contributed by atoms with E-state index < -0.39 is 6.10 Å². The van der Waals surface area contributed by atoms with Crippen molar-refractivity contribution in [2.45, 2.75) is 45.3 Å². The molecule has 5 atom stereocenters. The Kier molecular flexibility index (Phi) is 2.46. The number of carbonyl (C=O) groups is 1. The van der Waals surface area contributed by atoms with Gasteiger partial charge in [-0.05, 0) is 18.8 Å². The maximum atomic E-state index is 11.6. The maximum absolute atomic E-state index is 11.6. The zero-order chi connectivity index (χ0) is 13.1. The van der Waals surface area contributed by atoms with E-state index in [9.17, 15) is 9.90 Å². The number of hydrogen-bond acceptors (Lipinski definition) is 3. The highest BCUT2D eigenvalue weighted by Crippen LogP contribution is 2.55. The summed E-state index contributed by atoms with van der Waals surface area (Å²) < 4.78 is 5.34. The van der Waals surface area contributed by atoms with Crippen LogP contribution in [0.25, 0.3) is 0 Å². The third-order valence-electron chi connectivity index (χ3n) is 5.41. The van der Waals surface area contributed by atoms with Gasteiger partial charge < -0.3 is 9.84 Å². The van der Waals surface area contributed by atoms with Crippen LogP contribution in [0.2, 0.25) is 0 Å². The van der Waals surface area contributed by atoms with Gasteiger partial charge in [0.1, 0.15) is 6.10 Å². The molecule has 0 aromatic heterocycles. The van der Waals surface area contributed by atoms with E-state index in [0.29, 0.717) is 11.5 Å². The maximum Gasteiger partial charge on any atom is 0.334 e. The van der Waals surface area contributed by atoms with Gasteiger partial charge in [0.15, 0.2) is 0 Å². The van der Waals surface area contributed by atoms with E-state index in [1.807, 2.05) is 0 Å². The minimum Gasteiger partial charge on any atom is -0.458 e. The number of carbonyl (C=O) groups excluding carboxylic acids is 1. The minimum atomic E-state index is -0.559. The average molecular weight is 248 g/mol. The minimum absolute atomic E-state index is 0.204. The molecule has 1 aliphatic heterocycles. The van der Waals surface area contributed by atoms with Crippen LogP contribution >= 0.6 is 0 Å². The number of ether oxygens (including phenoxy) is 1. The van der Waals surface area contributed by atoms with Crippen molar-refractivity contribution in [2.75, 3.05) is 0 Å². The lowest BCUT2D eigenvalue weighted by molar-refractivity contribution is -0.141. The number of aliphatic hydroxyl groups is 1. The van der Waals surface area contributed by atoms with Crippen LogP contribution < -0.4 is 0 Å². The molecule has 0 radical (unpaired) electrons. The number of esters is 1. The highest BCUT2D eigenvalue weighted by atomic mass is 16.6. The second-order valence-corrected chi connectivity index (χ2v) is 6.13. The Labute approximate surface area is 108 Å². The second kappa shape index (κ2) is 3.70. The summed E-state index contributed by atoms with van der Waals surface area (Å²) in [6, 6.07) is 0. The van der Waals surface area contributed by atoms with Crippen LogP contribution in [-0.2, 0) is 9.53 Å². The molecule has 0 spiro atoms. The molecule has 1 N–H and O–H groups in total. The number of hydrogen-bond donors (Lipinski definition) is 1. The van der Waals surface area contributed by atoms with E-state index in [0.717, 1.165) is 19.3 Å². The van der Waals surface area contributed by atoms with Crippen molar-refractivity contribution in [1.82, 2.24) is 0 Å². The van der Waals surface area contributed by atoms with Crippen molar-refractivity contribution in [1.29, 1.82) is 0 Å². The first-order valence-corrected chi connectivity index (χ1v) is 6.73. The summed E-state index contributed by atoms with van der Waals surface area (Å²) >= 11 is 0. The zero-order valence-corrected chi connectivity index (χ0v) is 11.0. The molecule has 98 valence electrons. The monoisotopic (exact) mass is 248 g/mol. The zero-order valence-electron chi connectivity index (χ0n) is 11.0. The molecular weight excluding hydrogens is 228 g/mol. The van der Waals surface area contributed by atoms with E-state index in [1.54, 1.807) is 0 Å². The van der Waals surface area contributed by atoms with Gasteiger partial charge in [0.05, 0.1) is 12.0 Å². The van der Waals surface area contributed by atoms with E-state index in [2.05, 4.69) is 26.5 Å². The summed E-state index contributed by atoms with van der Waals surface area (Å²) in [5.41, 5.74) is 1.49. The van der Waals surface area contributed by atoms with E-state index in [4.69, 9.17) is 4.74 Å². The Balaban J connectivity index is 2.04. The van der Waals surface area contributed by atoms with Gasteiger partial charge in [0.2, 0.25) is 0 Å². The SMILES string of the molecule is C=C1C(=O)O[C@H]2CC3=CCC[C@@H](C)[C@@]3(C)[C@@H](O)[C@@H]12. The molecule has 0 aromatic carbocycles. The molecule has 1 heterocycles. The van der Waals surface area contributed by atoms with Crippen molar-refractivity contribution in [3.05, 3.63) is 23.8 Å². The molecule has 0 bridgehead atoms. The fraction of sp³-hybridized carbons (Fsp3) is 0.667. The predicted molar refractivity (Wildman–Crippen MR) is 67.7 cm³/mol. The molecule has 0 unspecified atom stereocenters. The summed E-state index contributed by atoms with van der Waals surface area (Å²) in [5.74, 6) is -0.128. The molecule has 3 rings (SSSR count). The van der Waals surface area contributed by atoms with Gasteiger partial charge in [-0.25, -0.2) is 4.79 Å². The summed E-state index contributed by atoms with van der Waals surface area (Å²) in [7, 11) is 0. The number of allylic oxidation sites excluding steroid dienone is 1. The molecule has 3 aliphatic rings. The first-order chi connectivity index (χ1) is 8.46. The van der Waals surface area contributed by atoms with E-state index >= 15 is 0 Å². The van der Waals surface area contributed by atoms with Gasteiger partial charge in [-0.15, -0.1) is 0 Å². The lowest BCUT2D eigenvalue weighted by Crippen LogP contribution is -2.52. The molecule has 3 heteroatoms. The van der Waals surface area contributed by atoms with Crippen LogP contribution in [0.4, 0.5) is 0 Å². The Hall–Kier alpha value is -1.09. The molecule has 1 saturated carbocycles. The van der Waals surface area contributed by atoms with Crippen molar-refractivity contribution in [2.24, 2.45) is 17.3 Å². The van der Waals surface area contributed by atoms with E-state index in [1.165, 1.54) is 5.57 Å².